The standard InChI is InChI=1S/2C22H47O4P.K.Na/c2*1-3-5-7-8-9-10-11-12-13-14-15-16-17-18-19-20-22-26-27(23,24)25-21-6-4-2;;/h2*3-22H2,1-2H3,(H,23,24);;/q;;2*+1/p-2. The number of phosphoric ester groups is 2. The number of hydrogen-bond donors (Lipinski definition) is 0. The van der Waals surface area contributed by atoms with Gasteiger partial charge in [-0.1, -0.05) is 233 Å². The molecule has 0 aliphatic heterocycles. The minimum atomic E-state index is -4.06. The van der Waals surface area contributed by atoms with Gasteiger partial charge in [0.15, 0.2) is 0 Å². The smallest absolute Gasteiger partial charge is 0.756 e. The minimum absolute atomic E-state index is 0. The van der Waals surface area contributed by atoms with E-state index in [1.54, 1.807) is 0 Å². The molecule has 0 aromatic carbocycles. The molecule has 0 radical (unpaired) electrons. The van der Waals surface area contributed by atoms with Gasteiger partial charge in [-0.2, -0.15) is 0 Å². The quantitative estimate of drug-likeness (QED) is 0.0338. The average molecular weight is 873 g/mol. The molecule has 2 atom stereocenters. The summed E-state index contributed by atoms with van der Waals surface area (Å²) in [4.78, 5) is 22.9. The molecule has 12 heteroatoms. The zero-order valence-electron chi connectivity index (χ0n) is 38.4. The van der Waals surface area contributed by atoms with Gasteiger partial charge in [-0.05, 0) is 25.7 Å². The Hall–Kier alpha value is 2.86. The van der Waals surface area contributed by atoms with Crippen LogP contribution >= 0.6 is 15.6 Å². The predicted octanol–water partition coefficient (Wildman–Crippen LogP) is 9.11. The largest absolute Gasteiger partial charge is 1.00 e. The molecule has 0 saturated carbocycles. The Morgan fingerprint density at radius 3 is 0.607 bits per heavy atom. The normalized spacial score (nSPS) is 13.2. The second kappa shape index (κ2) is 54.0. The van der Waals surface area contributed by atoms with Crippen molar-refractivity contribution in [3.63, 3.8) is 0 Å². The van der Waals surface area contributed by atoms with Crippen molar-refractivity contribution in [2.45, 2.75) is 259 Å². The van der Waals surface area contributed by atoms with Crippen LogP contribution in [0.4, 0.5) is 0 Å². The Morgan fingerprint density at radius 1 is 0.286 bits per heavy atom. The van der Waals surface area contributed by atoms with Crippen LogP contribution in [0.15, 0.2) is 0 Å². The van der Waals surface area contributed by atoms with Gasteiger partial charge in [0.2, 0.25) is 0 Å². The molecule has 328 valence electrons. The van der Waals surface area contributed by atoms with E-state index in [1.165, 1.54) is 180 Å². The van der Waals surface area contributed by atoms with Gasteiger partial charge < -0.3 is 27.9 Å². The van der Waals surface area contributed by atoms with E-state index in [-0.39, 0.29) is 107 Å². The molecule has 0 aromatic rings. The fraction of sp³-hybridized carbons (Fsp3) is 1.00. The molecule has 0 aliphatic rings. The molecular weight excluding hydrogens is 781 g/mol. The molecule has 8 nitrogen and oxygen atoms in total. The van der Waals surface area contributed by atoms with Crippen LogP contribution in [0.1, 0.15) is 259 Å². The van der Waals surface area contributed by atoms with Gasteiger partial charge in [-0.15, -0.1) is 0 Å². The summed E-state index contributed by atoms with van der Waals surface area (Å²) in [5.74, 6) is 0. The van der Waals surface area contributed by atoms with Gasteiger partial charge >= 0.3 is 80.9 Å². The van der Waals surface area contributed by atoms with Crippen LogP contribution in [0.3, 0.4) is 0 Å². The number of hydrogen-bond acceptors (Lipinski definition) is 8. The SMILES string of the molecule is CCCCCCCCCCCCCCCCCCOP(=O)([O-])OCCCC.CCCCCCCCCCCCCCCCCCOP(=O)([O-])OCCCC.[K+].[Na+]. The first kappa shape index (κ1) is 65.5. The van der Waals surface area contributed by atoms with Crippen molar-refractivity contribution in [1.29, 1.82) is 0 Å². The Labute approximate surface area is 414 Å². The summed E-state index contributed by atoms with van der Waals surface area (Å²) in [5, 5.41) is 0. The molecule has 0 aliphatic carbocycles. The van der Waals surface area contributed by atoms with Gasteiger partial charge in [-0.3, -0.25) is 9.13 Å². The van der Waals surface area contributed by atoms with Gasteiger partial charge in [0.25, 0.3) is 15.6 Å². The van der Waals surface area contributed by atoms with Crippen LogP contribution in [0.2, 0.25) is 0 Å². The van der Waals surface area contributed by atoms with Crippen LogP contribution in [0.25, 0.3) is 0 Å². The number of rotatable bonds is 44. The molecule has 0 heterocycles. The van der Waals surface area contributed by atoms with Crippen LogP contribution in [-0.4, -0.2) is 26.4 Å². The second-order valence-electron chi connectivity index (χ2n) is 15.5. The molecule has 0 aromatic heterocycles. The number of phosphoric acid groups is 2. The average Bonchev–Trinajstić information content (AvgIpc) is 3.14. The zero-order valence-corrected chi connectivity index (χ0v) is 45.4. The summed E-state index contributed by atoms with van der Waals surface area (Å²) in [6.07, 6.45) is 45.1. The Kier molecular flexibility index (Phi) is 63.1. The van der Waals surface area contributed by atoms with Crippen LogP contribution in [0.5, 0.6) is 0 Å². The van der Waals surface area contributed by atoms with E-state index < -0.39 is 15.6 Å². The third-order valence-corrected chi connectivity index (χ3v) is 12.0. The fourth-order valence-electron chi connectivity index (χ4n) is 6.37. The predicted molar refractivity (Wildman–Crippen MR) is 228 cm³/mol. The molecule has 0 fully saturated rings. The maximum absolute atomic E-state index is 11.4. The maximum Gasteiger partial charge on any atom is 1.00 e. The summed E-state index contributed by atoms with van der Waals surface area (Å²) in [6, 6.07) is 0. The molecule has 0 N–H and O–H groups in total. The topological polar surface area (TPSA) is 117 Å². The van der Waals surface area contributed by atoms with Gasteiger partial charge in [0.1, 0.15) is 0 Å². The first-order valence-electron chi connectivity index (χ1n) is 23.4. The van der Waals surface area contributed by atoms with Crippen molar-refractivity contribution < 1.29 is 118 Å². The van der Waals surface area contributed by atoms with Crippen LogP contribution in [-0.2, 0) is 27.2 Å². The first-order valence-corrected chi connectivity index (χ1v) is 26.4. The van der Waals surface area contributed by atoms with Gasteiger partial charge in [-0.25, -0.2) is 0 Å². The second-order valence-corrected chi connectivity index (χ2v) is 18.4. The Balaban J connectivity index is -0.000000466. The Morgan fingerprint density at radius 2 is 0.429 bits per heavy atom. The van der Waals surface area contributed by atoms with E-state index in [0.717, 1.165) is 51.4 Å². The summed E-state index contributed by atoms with van der Waals surface area (Å²) in [5.41, 5.74) is 0. The Bertz CT molecular complexity index is 751. The third kappa shape index (κ3) is 58.9. The summed E-state index contributed by atoms with van der Waals surface area (Å²) >= 11 is 0. The van der Waals surface area contributed by atoms with E-state index in [1.807, 2.05) is 13.8 Å². The molecule has 0 saturated heterocycles. The van der Waals surface area contributed by atoms with Crippen molar-refractivity contribution in [1.82, 2.24) is 0 Å². The zero-order chi connectivity index (χ0) is 40.1. The van der Waals surface area contributed by atoms with Gasteiger partial charge in [0, 0.05) is 0 Å². The van der Waals surface area contributed by atoms with Crippen molar-refractivity contribution >= 4 is 15.6 Å². The number of unbranched alkanes of at least 4 members (excludes halogenated alkanes) is 32. The van der Waals surface area contributed by atoms with E-state index in [0.29, 0.717) is 0 Å². The molecular formula is C44H92KNaO8P2. The van der Waals surface area contributed by atoms with E-state index in [2.05, 4.69) is 13.8 Å². The molecule has 0 bridgehead atoms. The van der Waals surface area contributed by atoms with Crippen LogP contribution in [0, 0.1) is 0 Å². The van der Waals surface area contributed by atoms with E-state index in [9.17, 15) is 18.9 Å². The molecule has 0 rings (SSSR count). The van der Waals surface area contributed by atoms with Crippen molar-refractivity contribution in [2.75, 3.05) is 26.4 Å². The monoisotopic (exact) mass is 873 g/mol. The van der Waals surface area contributed by atoms with Gasteiger partial charge in [0.05, 0.1) is 26.4 Å². The summed E-state index contributed by atoms with van der Waals surface area (Å²) < 4.78 is 42.2. The van der Waals surface area contributed by atoms with E-state index in [4.69, 9.17) is 18.1 Å². The summed E-state index contributed by atoms with van der Waals surface area (Å²) in [7, 11) is -8.12. The molecule has 0 spiro atoms. The molecule has 0 amide bonds. The van der Waals surface area contributed by atoms with Crippen molar-refractivity contribution in [3.8, 4) is 0 Å². The fourth-order valence-corrected chi connectivity index (χ4v) is 7.93. The summed E-state index contributed by atoms with van der Waals surface area (Å²) in [6.45, 7) is 9.51. The molecule has 2 unspecified atom stereocenters. The van der Waals surface area contributed by atoms with Crippen LogP contribution < -0.4 is 90.7 Å². The molecule has 56 heavy (non-hydrogen) atoms. The van der Waals surface area contributed by atoms with Crippen molar-refractivity contribution in [3.05, 3.63) is 0 Å². The maximum atomic E-state index is 11.4. The first-order chi connectivity index (χ1) is 26.2. The van der Waals surface area contributed by atoms with Crippen molar-refractivity contribution in [2.24, 2.45) is 0 Å². The minimum Gasteiger partial charge on any atom is -0.756 e. The third-order valence-electron chi connectivity index (χ3n) is 9.99. The van der Waals surface area contributed by atoms with E-state index >= 15 is 0 Å².